The fourth-order valence-corrected chi connectivity index (χ4v) is 4.22. The lowest BCUT2D eigenvalue weighted by atomic mass is 10.1. The number of guanidine groups is 1. The number of hydrogen-bond acceptors (Lipinski definition) is 5. The molecule has 2 saturated heterocycles. The smallest absolute Gasteiger partial charge is 0.325 e. The molecule has 138 valence electrons. The Morgan fingerprint density at radius 3 is 2.46 bits per heavy atom. The number of urea groups is 1. The molecule has 4 rings (SSSR count). The molecule has 3 aliphatic heterocycles. The maximum absolute atomic E-state index is 13.0. The Hall–Kier alpha value is -2.57. The van der Waals surface area contributed by atoms with Crippen LogP contribution in [0.15, 0.2) is 23.2 Å². The van der Waals surface area contributed by atoms with E-state index in [1.165, 1.54) is 16.0 Å². The highest BCUT2D eigenvalue weighted by molar-refractivity contribution is 6.08. The van der Waals surface area contributed by atoms with E-state index in [1.54, 1.807) is 11.9 Å². The van der Waals surface area contributed by atoms with E-state index in [0.29, 0.717) is 6.54 Å². The third kappa shape index (κ3) is 2.37. The van der Waals surface area contributed by atoms with Crippen molar-refractivity contribution in [1.82, 2.24) is 14.7 Å². The van der Waals surface area contributed by atoms with Gasteiger partial charge >= 0.3 is 6.03 Å². The van der Waals surface area contributed by atoms with Crippen LogP contribution in [-0.2, 0) is 4.79 Å². The van der Waals surface area contributed by atoms with Crippen LogP contribution in [0.4, 0.5) is 10.5 Å². The summed E-state index contributed by atoms with van der Waals surface area (Å²) in [6.07, 6.45) is 0.317. The Balaban J connectivity index is 1.69. The van der Waals surface area contributed by atoms with Crippen LogP contribution >= 0.6 is 0 Å². The molecule has 3 heterocycles. The number of imide groups is 1. The average molecular weight is 355 g/mol. The number of fused-ring (bicyclic) bond motifs is 3. The Morgan fingerprint density at radius 1 is 1.12 bits per heavy atom. The van der Waals surface area contributed by atoms with Crippen molar-refractivity contribution in [3.05, 3.63) is 29.3 Å². The van der Waals surface area contributed by atoms with Gasteiger partial charge in [0.05, 0.1) is 0 Å². The number of carbonyl (C=O) groups excluding carboxylic acids is 2. The highest BCUT2D eigenvalue weighted by atomic mass is 16.2. The molecule has 2 atom stereocenters. The first-order valence-electron chi connectivity index (χ1n) is 9.21. The fourth-order valence-electron chi connectivity index (χ4n) is 4.22. The monoisotopic (exact) mass is 355 g/mol. The lowest BCUT2D eigenvalue weighted by molar-refractivity contribution is -0.137. The molecule has 2 fully saturated rings. The van der Waals surface area contributed by atoms with Gasteiger partial charge in [-0.3, -0.25) is 9.69 Å². The fraction of sp³-hybridized carbons (Fsp3) is 0.526. The van der Waals surface area contributed by atoms with Gasteiger partial charge < -0.3 is 14.7 Å². The summed E-state index contributed by atoms with van der Waals surface area (Å²) in [4.78, 5) is 37.5. The predicted octanol–water partition coefficient (Wildman–Crippen LogP) is 1.79. The third-order valence-electron chi connectivity index (χ3n) is 5.34. The number of aliphatic imine (C=N–C) groups is 1. The molecule has 1 aromatic rings. The molecule has 26 heavy (non-hydrogen) atoms. The first kappa shape index (κ1) is 16.9. The highest BCUT2D eigenvalue weighted by Gasteiger charge is 2.54. The van der Waals surface area contributed by atoms with E-state index in [9.17, 15) is 9.59 Å². The number of anilines is 1. The molecule has 1 aromatic carbocycles. The van der Waals surface area contributed by atoms with Gasteiger partial charge in [-0.05, 0) is 43.5 Å². The summed E-state index contributed by atoms with van der Waals surface area (Å²) in [6, 6.07) is 5.77. The van der Waals surface area contributed by atoms with Crippen LogP contribution in [-0.4, -0.2) is 71.5 Å². The standard InChI is InChI=1S/C19H25N5O2/c1-5-6-24-17(25)15-16(21(4)19(24)26)20-18-22(7-8-23(15)18)14-10-12(2)9-13(3)11-14/h9-11,15-16H,5-8H2,1-4H3. The van der Waals surface area contributed by atoms with Gasteiger partial charge in [-0.15, -0.1) is 0 Å². The van der Waals surface area contributed by atoms with Crippen molar-refractivity contribution in [1.29, 1.82) is 0 Å². The lowest BCUT2D eigenvalue weighted by Crippen LogP contribution is -2.64. The summed E-state index contributed by atoms with van der Waals surface area (Å²) in [5.41, 5.74) is 3.49. The summed E-state index contributed by atoms with van der Waals surface area (Å²) < 4.78 is 0. The van der Waals surface area contributed by atoms with E-state index in [2.05, 4.69) is 41.8 Å². The van der Waals surface area contributed by atoms with Gasteiger partial charge in [-0.2, -0.15) is 0 Å². The molecule has 0 aliphatic carbocycles. The molecule has 7 nitrogen and oxygen atoms in total. The van der Waals surface area contributed by atoms with Crippen LogP contribution in [0.2, 0.25) is 0 Å². The Labute approximate surface area is 153 Å². The Kier molecular flexibility index (Phi) is 3.89. The minimum Gasteiger partial charge on any atom is -0.325 e. The molecule has 0 spiro atoms. The number of likely N-dealkylation sites (N-methyl/N-ethyl adjacent to an activating group) is 1. The Morgan fingerprint density at radius 2 is 1.81 bits per heavy atom. The van der Waals surface area contributed by atoms with Crippen molar-refractivity contribution in [2.75, 3.05) is 31.6 Å². The summed E-state index contributed by atoms with van der Waals surface area (Å²) in [6.45, 7) is 8.12. The topological polar surface area (TPSA) is 59.5 Å². The third-order valence-corrected chi connectivity index (χ3v) is 5.34. The minimum absolute atomic E-state index is 0.124. The molecule has 3 aliphatic rings. The zero-order valence-electron chi connectivity index (χ0n) is 15.8. The van der Waals surface area contributed by atoms with Crippen molar-refractivity contribution < 1.29 is 9.59 Å². The number of carbonyl (C=O) groups is 2. The van der Waals surface area contributed by atoms with Gasteiger partial charge in [-0.25, -0.2) is 9.79 Å². The second-order valence-electron chi connectivity index (χ2n) is 7.36. The van der Waals surface area contributed by atoms with E-state index in [-0.39, 0.29) is 11.9 Å². The maximum atomic E-state index is 13.0. The van der Waals surface area contributed by atoms with Crippen molar-refractivity contribution in [3.8, 4) is 0 Å². The van der Waals surface area contributed by atoms with Crippen molar-refractivity contribution in [2.24, 2.45) is 4.99 Å². The Bertz CT molecular complexity index is 785. The van der Waals surface area contributed by atoms with Gasteiger partial charge in [0, 0.05) is 32.4 Å². The second-order valence-corrected chi connectivity index (χ2v) is 7.36. The molecule has 0 radical (unpaired) electrons. The van der Waals surface area contributed by atoms with Crippen LogP contribution in [0.1, 0.15) is 24.5 Å². The van der Waals surface area contributed by atoms with Crippen LogP contribution in [0.5, 0.6) is 0 Å². The van der Waals surface area contributed by atoms with Crippen molar-refractivity contribution in [2.45, 2.75) is 39.4 Å². The predicted molar refractivity (Wildman–Crippen MR) is 100 cm³/mol. The molecule has 0 saturated carbocycles. The summed E-state index contributed by atoms with van der Waals surface area (Å²) in [5, 5.41) is 0. The number of benzene rings is 1. The second kappa shape index (κ2) is 6.00. The zero-order chi connectivity index (χ0) is 18.6. The van der Waals surface area contributed by atoms with Crippen LogP contribution < -0.4 is 4.90 Å². The average Bonchev–Trinajstić information content (AvgIpc) is 3.15. The SMILES string of the molecule is CCCN1C(=O)C2C(N=C3N(c4cc(C)cc(C)c4)CCN32)N(C)C1=O. The van der Waals surface area contributed by atoms with Crippen LogP contribution in [0.25, 0.3) is 0 Å². The minimum atomic E-state index is -0.438. The van der Waals surface area contributed by atoms with E-state index in [4.69, 9.17) is 4.99 Å². The molecule has 2 unspecified atom stereocenters. The van der Waals surface area contributed by atoms with Gasteiger partial charge in [-0.1, -0.05) is 13.0 Å². The molecule has 0 aromatic heterocycles. The number of aryl methyl sites for hydroxylation is 2. The number of nitrogens with zero attached hydrogens (tertiary/aromatic N) is 5. The summed E-state index contributed by atoms with van der Waals surface area (Å²) >= 11 is 0. The first-order chi connectivity index (χ1) is 12.4. The first-order valence-corrected chi connectivity index (χ1v) is 9.21. The number of hydrogen-bond donors (Lipinski definition) is 0. The van der Waals surface area contributed by atoms with Crippen LogP contribution in [0, 0.1) is 13.8 Å². The van der Waals surface area contributed by atoms with Crippen LogP contribution in [0.3, 0.4) is 0 Å². The molecule has 3 amide bonds. The van der Waals surface area contributed by atoms with E-state index in [1.807, 2.05) is 6.92 Å². The number of amides is 3. The van der Waals surface area contributed by atoms with Gasteiger partial charge in [0.25, 0.3) is 5.91 Å². The van der Waals surface area contributed by atoms with E-state index >= 15 is 0 Å². The van der Waals surface area contributed by atoms with Crippen molar-refractivity contribution in [3.63, 3.8) is 0 Å². The highest BCUT2D eigenvalue weighted by Crippen LogP contribution is 2.33. The van der Waals surface area contributed by atoms with Gasteiger partial charge in [0.2, 0.25) is 5.96 Å². The summed E-state index contributed by atoms with van der Waals surface area (Å²) in [5.74, 6) is 0.678. The zero-order valence-corrected chi connectivity index (χ0v) is 15.8. The van der Waals surface area contributed by atoms with E-state index < -0.39 is 12.2 Å². The normalized spacial score (nSPS) is 25.0. The molecule has 0 bridgehead atoms. The quantitative estimate of drug-likeness (QED) is 0.829. The number of rotatable bonds is 3. The molecule has 7 heteroatoms. The largest absolute Gasteiger partial charge is 0.328 e. The molecular formula is C19H25N5O2. The summed E-state index contributed by atoms with van der Waals surface area (Å²) in [7, 11) is 1.74. The molecular weight excluding hydrogens is 330 g/mol. The van der Waals surface area contributed by atoms with Gasteiger partial charge in [0.1, 0.15) is 0 Å². The lowest BCUT2D eigenvalue weighted by Gasteiger charge is -2.40. The molecule has 0 N–H and O–H groups in total. The van der Waals surface area contributed by atoms with Crippen molar-refractivity contribution >= 4 is 23.6 Å². The van der Waals surface area contributed by atoms with Gasteiger partial charge in [0.15, 0.2) is 12.2 Å². The maximum Gasteiger partial charge on any atom is 0.328 e. The van der Waals surface area contributed by atoms with E-state index in [0.717, 1.165) is 31.2 Å².